The van der Waals surface area contributed by atoms with Gasteiger partial charge in [-0.25, -0.2) is 9.79 Å². The van der Waals surface area contributed by atoms with Crippen molar-refractivity contribution in [2.45, 2.75) is 32.9 Å². The lowest BCUT2D eigenvalue weighted by atomic mass is 9.91. The van der Waals surface area contributed by atoms with Crippen molar-refractivity contribution in [2.75, 3.05) is 7.11 Å². The molecule has 0 radical (unpaired) electrons. The number of amidine groups is 1. The number of amides is 1. The van der Waals surface area contributed by atoms with Crippen LogP contribution in [0.4, 0.5) is 0 Å². The fourth-order valence-corrected chi connectivity index (χ4v) is 4.92. The summed E-state index contributed by atoms with van der Waals surface area (Å²) in [6.07, 6.45) is 0.189. The van der Waals surface area contributed by atoms with Crippen LogP contribution in [0.15, 0.2) is 82.0 Å². The van der Waals surface area contributed by atoms with Crippen molar-refractivity contribution in [3.05, 3.63) is 93.7 Å². The van der Waals surface area contributed by atoms with Gasteiger partial charge < -0.3 is 15.0 Å². The normalized spacial score (nSPS) is 17.5. The summed E-state index contributed by atoms with van der Waals surface area (Å²) in [5.74, 6) is -0.500. The van der Waals surface area contributed by atoms with E-state index in [9.17, 15) is 9.59 Å². The largest absolute Gasteiger partial charge is 0.466 e. The average molecular weight is 448 g/mol. The molecule has 164 valence electrons. The molecule has 0 aromatic heterocycles. The molecule has 2 aliphatic rings. The third-order valence-corrected chi connectivity index (χ3v) is 6.45. The summed E-state index contributed by atoms with van der Waals surface area (Å²) in [4.78, 5) is 32.2. The van der Waals surface area contributed by atoms with Crippen molar-refractivity contribution in [3.63, 3.8) is 0 Å². The number of aliphatic imine (C=N–C) groups is 1. The van der Waals surface area contributed by atoms with Gasteiger partial charge in [-0.15, -0.1) is 0 Å². The second kappa shape index (κ2) is 9.44. The van der Waals surface area contributed by atoms with E-state index in [1.165, 1.54) is 18.9 Å². The molecule has 0 saturated heterocycles. The van der Waals surface area contributed by atoms with Gasteiger partial charge in [0, 0.05) is 12.2 Å². The molecule has 0 bridgehead atoms. The summed E-state index contributed by atoms with van der Waals surface area (Å²) in [5, 5.41) is 5.68. The van der Waals surface area contributed by atoms with Gasteiger partial charge in [0.1, 0.15) is 0 Å². The van der Waals surface area contributed by atoms with Gasteiger partial charge in [0.15, 0.2) is 5.17 Å². The van der Waals surface area contributed by atoms with E-state index in [1.54, 1.807) is 0 Å². The van der Waals surface area contributed by atoms with Gasteiger partial charge in [-0.05, 0) is 35.9 Å². The highest BCUT2D eigenvalue weighted by molar-refractivity contribution is 8.16. The highest BCUT2D eigenvalue weighted by atomic mass is 32.2. The number of carbonyl (C=O) groups excluding carboxylic acids is 2. The van der Waals surface area contributed by atoms with Crippen LogP contribution in [0.2, 0.25) is 0 Å². The molecule has 1 N–H and O–H groups in total. The molecule has 32 heavy (non-hydrogen) atoms. The predicted octanol–water partition coefficient (Wildman–Crippen LogP) is 4.45. The Kier molecular flexibility index (Phi) is 6.46. The zero-order valence-corrected chi connectivity index (χ0v) is 19.1. The second-order valence-electron chi connectivity index (χ2n) is 7.68. The lowest BCUT2D eigenvalue weighted by molar-refractivity contribution is -0.136. The Balaban J connectivity index is 1.62. The molecule has 1 amide bonds. The number of esters is 1. The predicted molar refractivity (Wildman–Crippen MR) is 126 cm³/mol. The lowest BCUT2D eigenvalue weighted by Crippen LogP contribution is -2.38. The average Bonchev–Trinajstić information content (AvgIpc) is 3.19. The number of nitrogens with zero attached hydrogens (tertiary/aromatic N) is 2. The summed E-state index contributed by atoms with van der Waals surface area (Å²) in [6.45, 7) is 4.31. The van der Waals surface area contributed by atoms with Crippen LogP contribution < -0.4 is 5.32 Å². The molecule has 2 aliphatic heterocycles. The highest BCUT2D eigenvalue weighted by Gasteiger charge is 2.41. The third-order valence-electron chi connectivity index (χ3n) is 5.56. The maximum Gasteiger partial charge on any atom is 0.338 e. The fourth-order valence-electron chi connectivity index (χ4n) is 3.95. The number of allylic oxidation sites excluding steroid dienone is 1. The van der Waals surface area contributed by atoms with Crippen LogP contribution in [-0.4, -0.2) is 29.1 Å². The second-order valence-corrected chi connectivity index (χ2v) is 8.52. The zero-order chi connectivity index (χ0) is 22.7. The van der Waals surface area contributed by atoms with E-state index in [0.717, 1.165) is 27.6 Å². The summed E-state index contributed by atoms with van der Waals surface area (Å²) in [7, 11) is 1.38. The summed E-state index contributed by atoms with van der Waals surface area (Å²) >= 11 is 1.47. The topological polar surface area (TPSA) is 71.0 Å². The Morgan fingerprint density at radius 2 is 1.81 bits per heavy atom. The van der Waals surface area contributed by atoms with Crippen molar-refractivity contribution in [3.8, 4) is 0 Å². The summed E-state index contributed by atoms with van der Waals surface area (Å²) in [5.41, 5.74) is 5.01. The van der Waals surface area contributed by atoms with E-state index in [2.05, 4.69) is 10.3 Å². The number of fused-ring (bicyclic) bond motifs is 1. The van der Waals surface area contributed by atoms with Crippen molar-refractivity contribution < 1.29 is 14.3 Å². The first-order valence-electron chi connectivity index (χ1n) is 10.4. The lowest BCUT2D eigenvalue weighted by Gasteiger charge is -2.36. The number of rotatable bonds is 6. The Morgan fingerprint density at radius 1 is 1.09 bits per heavy atom. The van der Waals surface area contributed by atoms with Crippen LogP contribution >= 0.6 is 11.8 Å². The van der Waals surface area contributed by atoms with Crippen LogP contribution in [0.5, 0.6) is 0 Å². The highest BCUT2D eigenvalue weighted by Crippen LogP contribution is 2.45. The summed E-state index contributed by atoms with van der Waals surface area (Å²) < 4.78 is 5.11. The number of methoxy groups -OCH3 is 1. The first kappa shape index (κ1) is 21.9. The van der Waals surface area contributed by atoms with Gasteiger partial charge >= 0.3 is 5.97 Å². The molecule has 2 aromatic carbocycles. The number of nitrogens with one attached hydrogen (secondary N) is 1. The van der Waals surface area contributed by atoms with Gasteiger partial charge in [-0.1, -0.05) is 66.4 Å². The molecule has 1 atom stereocenters. The number of hydrogen-bond donors (Lipinski definition) is 1. The Morgan fingerprint density at radius 3 is 2.53 bits per heavy atom. The first-order valence-corrected chi connectivity index (χ1v) is 11.3. The first-order chi connectivity index (χ1) is 15.5. The maximum atomic E-state index is 12.8. The van der Waals surface area contributed by atoms with Gasteiger partial charge in [-0.2, -0.15) is 0 Å². The molecular formula is C25H25N3O3S. The van der Waals surface area contributed by atoms with Gasteiger partial charge in [0.05, 0.1) is 30.8 Å². The molecule has 7 heteroatoms. The van der Waals surface area contributed by atoms with E-state index >= 15 is 0 Å². The van der Waals surface area contributed by atoms with Crippen LogP contribution in [-0.2, 0) is 20.9 Å². The standard InChI is InChI=1S/C25H25N3O3S/c1-16-9-7-8-12-20(16)23-22(24(30)31-3)17(2)27-25-28(23)19(15-32-25)13-21(29)26-14-18-10-5-4-6-11-18/h4-12,15,23H,13-14H2,1-3H3,(H,26,29)/t23-/m1/s1. The van der Waals surface area contributed by atoms with E-state index in [1.807, 2.05) is 78.8 Å². The molecule has 4 rings (SSSR count). The minimum atomic E-state index is -0.414. The smallest absolute Gasteiger partial charge is 0.338 e. The van der Waals surface area contributed by atoms with Crippen LogP contribution in [0.1, 0.15) is 36.1 Å². The quantitative estimate of drug-likeness (QED) is 0.663. The fraction of sp³-hybridized carbons (Fsp3) is 0.240. The van der Waals surface area contributed by atoms with Crippen LogP contribution in [0, 0.1) is 6.92 Å². The maximum absolute atomic E-state index is 12.8. The molecular weight excluding hydrogens is 422 g/mol. The van der Waals surface area contributed by atoms with Crippen molar-refractivity contribution >= 4 is 28.8 Å². The number of ether oxygens (including phenoxy) is 1. The molecule has 0 spiro atoms. The zero-order valence-electron chi connectivity index (χ0n) is 18.3. The van der Waals surface area contributed by atoms with E-state index in [4.69, 9.17) is 4.74 Å². The number of aryl methyl sites for hydroxylation is 1. The molecule has 2 aromatic rings. The Bertz CT molecular complexity index is 1140. The van der Waals surface area contributed by atoms with E-state index in [0.29, 0.717) is 17.8 Å². The van der Waals surface area contributed by atoms with E-state index < -0.39 is 12.0 Å². The Hall–Kier alpha value is -3.32. The molecule has 0 aliphatic carbocycles. The monoisotopic (exact) mass is 447 g/mol. The molecule has 2 heterocycles. The number of thioether (sulfide) groups is 1. The van der Waals surface area contributed by atoms with Crippen LogP contribution in [0.3, 0.4) is 0 Å². The summed E-state index contributed by atoms with van der Waals surface area (Å²) in [6, 6.07) is 17.3. The minimum Gasteiger partial charge on any atom is -0.466 e. The number of benzene rings is 2. The molecule has 0 fully saturated rings. The van der Waals surface area contributed by atoms with Gasteiger partial charge in [-0.3, -0.25) is 4.79 Å². The number of hydrogen-bond acceptors (Lipinski definition) is 6. The van der Waals surface area contributed by atoms with Crippen molar-refractivity contribution in [1.82, 2.24) is 10.2 Å². The number of carbonyl (C=O) groups is 2. The SMILES string of the molecule is COC(=O)C1=C(C)N=C2SC=C(CC(=O)NCc3ccccc3)N2[C@@H]1c1ccccc1C. The van der Waals surface area contributed by atoms with Crippen molar-refractivity contribution in [2.24, 2.45) is 4.99 Å². The minimum absolute atomic E-state index is 0.0867. The van der Waals surface area contributed by atoms with Crippen LogP contribution in [0.25, 0.3) is 0 Å². The third kappa shape index (κ3) is 4.34. The molecule has 0 unspecified atom stereocenters. The van der Waals surface area contributed by atoms with Crippen molar-refractivity contribution in [1.29, 1.82) is 0 Å². The van der Waals surface area contributed by atoms with E-state index in [-0.39, 0.29) is 12.3 Å². The van der Waals surface area contributed by atoms with Gasteiger partial charge in [0.2, 0.25) is 5.91 Å². The molecule has 6 nitrogen and oxygen atoms in total. The Labute approximate surface area is 192 Å². The molecule has 0 saturated carbocycles. The van der Waals surface area contributed by atoms with Gasteiger partial charge in [0.25, 0.3) is 0 Å².